The summed E-state index contributed by atoms with van der Waals surface area (Å²) in [6, 6.07) is 0. The number of hydrogen-bond donors (Lipinski definition) is 1. The van der Waals surface area contributed by atoms with E-state index in [0.717, 1.165) is 17.7 Å². The molecule has 2 atom stereocenters. The summed E-state index contributed by atoms with van der Waals surface area (Å²) < 4.78 is 37.5. The number of hydrogen-bond acceptors (Lipinski definition) is 2. The minimum atomic E-state index is -4.33. The Morgan fingerprint density at radius 3 is 2.58 bits per heavy atom. The number of amides is 1. The van der Waals surface area contributed by atoms with Crippen molar-refractivity contribution in [2.24, 2.45) is 17.6 Å². The second-order valence-electron chi connectivity index (χ2n) is 5.34. The Balaban J connectivity index is 2.64. The first-order chi connectivity index (χ1) is 8.87. The Morgan fingerprint density at radius 2 is 2.05 bits per heavy atom. The zero-order chi connectivity index (χ0) is 14.5. The minimum absolute atomic E-state index is 0.169. The average Bonchev–Trinajstić information content (AvgIpc) is 2.36. The molecular weight excluding hydrogens is 257 g/mol. The van der Waals surface area contributed by atoms with Crippen molar-refractivity contribution < 1.29 is 18.0 Å². The molecular formula is C13H23F3N2O. The minimum Gasteiger partial charge on any atom is -0.333 e. The lowest BCUT2D eigenvalue weighted by molar-refractivity contribution is -0.164. The van der Waals surface area contributed by atoms with Gasteiger partial charge in [-0.15, -0.1) is 0 Å². The van der Waals surface area contributed by atoms with Crippen LogP contribution in [0.3, 0.4) is 0 Å². The summed E-state index contributed by atoms with van der Waals surface area (Å²) in [5, 5.41) is 0. The monoisotopic (exact) mass is 280 g/mol. The summed E-state index contributed by atoms with van der Waals surface area (Å²) in [6.45, 7) is 1.32. The highest BCUT2D eigenvalue weighted by Gasteiger charge is 2.36. The Bertz CT molecular complexity index is 294. The fraction of sp³-hybridized carbons (Fsp3) is 0.923. The molecule has 112 valence electrons. The Hall–Kier alpha value is -0.780. The molecule has 1 saturated carbocycles. The quantitative estimate of drug-likeness (QED) is 0.841. The number of nitrogens with two attached hydrogens (primary N) is 1. The van der Waals surface area contributed by atoms with Gasteiger partial charge in [0.15, 0.2) is 0 Å². The van der Waals surface area contributed by atoms with Crippen LogP contribution in [0.15, 0.2) is 0 Å². The number of halogens is 3. The Labute approximate surface area is 112 Å². The van der Waals surface area contributed by atoms with E-state index in [-0.39, 0.29) is 24.3 Å². The average molecular weight is 280 g/mol. The van der Waals surface area contributed by atoms with Gasteiger partial charge in [-0.2, -0.15) is 13.2 Å². The predicted octanol–water partition coefficient (Wildman–Crippen LogP) is 2.55. The molecule has 1 amide bonds. The smallest absolute Gasteiger partial charge is 0.333 e. The third-order valence-electron chi connectivity index (χ3n) is 3.64. The molecule has 1 fully saturated rings. The third-order valence-corrected chi connectivity index (χ3v) is 3.64. The maximum absolute atomic E-state index is 12.5. The molecule has 1 aliphatic carbocycles. The highest BCUT2D eigenvalue weighted by atomic mass is 19.4. The first kappa shape index (κ1) is 16.3. The topological polar surface area (TPSA) is 46.3 Å². The van der Waals surface area contributed by atoms with E-state index >= 15 is 0 Å². The number of carbonyl (C=O) groups is 1. The van der Waals surface area contributed by atoms with Gasteiger partial charge in [0.25, 0.3) is 0 Å². The van der Waals surface area contributed by atoms with Gasteiger partial charge in [-0.05, 0) is 38.1 Å². The van der Waals surface area contributed by atoms with Crippen molar-refractivity contribution in [2.75, 3.05) is 19.6 Å². The van der Waals surface area contributed by atoms with E-state index in [2.05, 4.69) is 0 Å². The normalized spacial score (nSPS) is 24.3. The molecule has 0 aromatic rings. The zero-order valence-corrected chi connectivity index (χ0v) is 11.4. The second-order valence-corrected chi connectivity index (χ2v) is 5.34. The first-order valence-electron chi connectivity index (χ1n) is 6.93. The van der Waals surface area contributed by atoms with Crippen molar-refractivity contribution >= 4 is 5.91 Å². The Morgan fingerprint density at radius 1 is 1.37 bits per heavy atom. The molecule has 0 aromatic heterocycles. The first-order valence-corrected chi connectivity index (χ1v) is 6.93. The molecule has 0 heterocycles. The van der Waals surface area contributed by atoms with E-state index in [1.54, 1.807) is 6.92 Å². The number of nitrogens with zero attached hydrogens (tertiary/aromatic N) is 1. The number of carbonyl (C=O) groups excluding carboxylic acids is 1. The van der Waals surface area contributed by atoms with Crippen LogP contribution in [0.5, 0.6) is 0 Å². The van der Waals surface area contributed by atoms with E-state index in [4.69, 9.17) is 5.73 Å². The van der Waals surface area contributed by atoms with Crippen LogP contribution in [-0.4, -0.2) is 36.6 Å². The van der Waals surface area contributed by atoms with Gasteiger partial charge < -0.3 is 10.6 Å². The predicted molar refractivity (Wildman–Crippen MR) is 67.4 cm³/mol. The summed E-state index contributed by atoms with van der Waals surface area (Å²) in [6.07, 6.45) is -0.611. The van der Waals surface area contributed by atoms with Gasteiger partial charge in [-0.1, -0.05) is 13.3 Å². The van der Waals surface area contributed by atoms with Crippen LogP contribution in [0.25, 0.3) is 0 Å². The maximum atomic E-state index is 12.5. The fourth-order valence-corrected chi connectivity index (χ4v) is 2.74. The van der Waals surface area contributed by atoms with Gasteiger partial charge >= 0.3 is 6.18 Å². The molecule has 0 aliphatic heterocycles. The summed E-state index contributed by atoms with van der Waals surface area (Å²) in [7, 11) is 0. The molecule has 3 nitrogen and oxygen atoms in total. The van der Waals surface area contributed by atoms with E-state index in [1.807, 2.05) is 0 Å². The molecule has 2 unspecified atom stereocenters. The zero-order valence-electron chi connectivity index (χ0n) is 11.4. The summed E-state index contributed by atoms with van der Waals surface area (Å²) in [5.41, 5.74) is 5.60. The molecule has 0 spiro atoms. The lowest BCUT2D eigenvalue weighted by Crippen LogP contribution is -2.44. The van der Waals surface area contributed by atoms with Gasteiger partial charge in [0.1, 0.15) is 6.54 Å². The molecule has 19 heavy (non-hydrogen) atoms. The van der Waals surface area contributed by atoms with Crippen molar-refractivity contribution in [2.45, 2.75) is 45.2 Å². The van der Waals surface area contributed by atoms with Crippen molar-refractivity contribution in [3.05, 3.63) is 0 Å². The van der Waals surface area contributed by atoms with E-state index in [1.165, 1.54) is 0 Å². The number of alkyl halides is 3. The van der Waals surface area contributed by atoms with Gasteiger partial charge in [-0.3, -0.25) is 4.79 Å². The second kappa shape index (κ2) is 7.12. The van der Waals surface area contributed by atoms with Crippen LogP contribution in [-0.2, 0) is 4.79 Å². The van der Waals surface area contributed by atoms with Crippen molar-refractivity contribution in [3.63, 3.8) is 0 Å². The summed E-state index contributed by atoms with van der Waals surface area (Å²) in [5.74, 6) is -0.356. The van der Waals surface area contributed by atoms with Gasteiger partial charge in [0, 0.05) is 12.5 Å². The van der Waals surface area contributed by atoms with Gasteiger partial charge in [0.05, 0.1) is 0 Å². The van der Waals surface area contributed by atoms with Gasteiger partial charge in [-0.25, -0.2) is 0 Å². The van der Waals surface area contributed by atoms with Crippen LogP contribution in [0.4, 0.5) is 13.2 Å². The lowest BCUT2D eigenvalue weighted by Gasteiger charge is -2.32. The summed E-state index contributed by atoms with van der Waals surface area (Å²) >= 11 is 0. The van der Waals surface area contributed by atoms with E-state index in [0.29, 0.717) is 25.8 Å². The molecule has 0 bridgehead atoms. The van der Waals surface area contributed by atoms with Crippen molar-refractivity contribution in [1.29, 1.82) is 0 Å². The van der Waals surface area contributed by atoms with Crippen LogP contribution in [0.2, 0.25) is 0 Å². The highest BCUT2D eigenvalue weighted by Crippen LogP contribution is 2.30. The molecule has 0 radical (unpaired) electrons. The van der Waals surface area contributed by atoms with E-state index in [9.17, 15) is 18.0 Å². The largest absolute Gasteiger partial charge is 0.406 e. The maximum Gasteiger partial charge on any atom is 0.406 e. The third kappa shape index (κ3) is 5.38. The van der Waals surface area contributed by atoms with Crippen LogP contribution in [0, 0.1) is 11.8 Å². The molecule has 6 heteroatoms. The molecule has 0 saturated heterocycles. The van der Waals surface area contributed by atoms with Crippen LogP contribution < -0.4 is 5.73 Å². The molecule has 0 aromatic carbocycles. The fourth-order valence-electron chi connectivity index (χ4n) is 2.74. The number of rotatable bonds is 5. The SMILES string of the molecule is CCCN(CC(F)(F)F)C(=O)C1CCCC(CN)C1. The lowest BCUT2D eigenvalue weighted by atomic mass is 9.80. The Kier molecular flexibility index (Phi) is 6.10. The van der Waals surface area contributed by atoms with Crippen LogP contribution in [0.1, 0.15) is 39.0 Å². The van der Waals surface area contributed by atoms with Crippen molar-refractivity contribution in [1.82, 2.24) is 4.90 Å². The van der Waals surface area contributed by atoms with Crippen molar-refractivity contribution in [3.8, 4) is 0 Å². The standard InChI is InChI=1S/C13H23F3N2O/c1-2-6-18(9-13(14,15)16)12(19)11-5-3-4-10(7-11)8-17/h10-11H,2-9,17H2,1H3. The van der Waals surface area contributed by atoms with E-state index < -0.39 is 12.7 Å². The van der Waals surface area contributed by atoms with Gasteiger partial charge in [0.2, 0.25) is 5.91 Å². The van der Waals surface area contributed by atoms with Crippen LogP contribution >= 0.6 is 0 Å². The molecule has 1 rings (SSSR count). The summed E-state index contributed by atoms with van der Waals surface area (Å²) in [4.78, 5) is 13.2. The molecule has 1 aliphatic rings. The molecule has 2 N–H and O–H groups in total. The highest BCUT2D eigenvalue weighted by molar-refractivity contribution is 5.79.